The number of aromatic nitrogens is 6. The maximum atomic E-state index is 4.95. The van der Waals surface area contributed by atoms with E-state index in [0.717, 1.165) is 64.6 Å². The first-order chi connectivity index (χ1) is 14.7. The molecule has 0 amide bonds. The van der Waals surface area contributed by atoms with E-state index in [1.54, 1.807) is 6.33 Å². The Morgan fingerprint density at radius 2 is 1.83 bits per heavy atom. The van der Waals surface area contributed by atoms with Crippen LogP contribution < -0.4 is 4.90 Å². The lowest BCUT2D eigenvalue weighted by molar-refractivity contribution is 0.722. The minimum atomic E-state index is 0.785. The van der Waals surface area contributed by atoms with Crippen molar-refractivity contribution in [3.8, 4) is 11.3 Å². The standard InChI is InChI=1S/C23H19N7/c1-14-27-20-10-17(11-24-22(20)28-14)18-6-7-19-21(29-18)23(26-13-25-19)30-9-8-15-4-2-3-5-16(15)12-30/h2-7,10-11,13H,8-9,12H2,1H3,(H,24,27,28). The van der Waals surface area contributed by atoms with Crippen molar-refractivity contribution in [2.75, 3.05) is 11.4 Å². The van der Waals surface area contributed by atoms with Crippen molar-refractivity contribution in [1.29, 1.82) is 0 Å². The summed E-state index contributed by atoms with van der Waals surface area (Å²) < 4.78 is 0. The Labute approximate surface area is 172 Å². The molecule has 4 aromatic heterocycles. The van der Waals surface area contributed by atoms with Crippen molar-refractivity contribution in [2.45, 2.75) is 19.9 Å². The number of hydrogen-bond acceptors (Lipinski definition) is 6. The predicted molar refractivity (Wildman–Crippen MR) is 116 cm³/mol. The largest absolute Gasteiger partial charge is 0.350 e. The summed E-state index contributed by atoms with van der Waals surface area (Å²) in [5, 5.41) is 0. The summed E-state index contributed by atoms with van der Waals surface area (Å²) in [4.78, 5) is 28.4. The molecule has 1 aliphatic rings. The lowest BCUT2D eigenvalue weighted by Gasteiger charge is -2.30. The number of aryl methyl sites for hydroxylation is 1. The summed E-state index contributed by atoms with van der Waals surface area (Å²) in [6.07, 6.45) is 4.45. The fourth-order valence-corrected chi connectivity index (χ4v) is 4.15. The molecule has 5 aromatic rings. The number of hydrogen-bond donors (Lipinski definition) is 1. The molecule has 30 heavy (non-hydrogen) atoms. The third kappa shape index (κ3) is 2.78. The molecule has 1 aromatic carbocycles. The number of fused-ring (bicyclic) bond motifs is 3. The van der Waals surface area contributed by atoms with Gasteiger partial charge in [0, 0.05) is 24.8 Å². The first kappa shape index (κ1) is 17.0. The van der Waals surface area contributed by atoms with Gasteiger partial charge >= 0.3 is 0 Å². The highest BCUT2D eigenvalue weighted by Gasteiger charge is 2.20. The predicted octanol–water partition coefficient (Wildman–Crippen LogP) is 3.83. The molecule has 0 bridgehead atoms. The number of nitrogens with one attached hydrogen (secondary N) is 1. The molecule has 0 fully saturated rings. The van der Waals surface area contributed by atoms with E-state index in [0.29, 0.717) is 0 Å². The summed E-state index contributed by atoms with van der Waals surface area (Å²) in [6, 6.07) is 14.6. The Bertz CT molecular complexity index is 1410. The van der Waals surface area contributed by atoms with Gasteiger partial charge in [-0.1, -0.05) is 24.3 Å². The second-order valence-electron chi connectivity index (χ2n) is 7.62. The molecule has 0 spiro atoms. The van der Waals surface area contributed by atoms with Crippen molar-refractivity contribution < 1.29 is 0 Å². The van der Waals surface area contributed by atoms with Gasteiger partial charge in [-0.15, -0.1) is 0 Å². The number of benzene rings is 1. The molecule has 146 valence electrons. The van der Waals surface area contributed by atoms with Crippen LogP contribution in [0, 0.1) is 6.92 Å². The molecule has 0 aliphatic carbocycles. The SMILES string of the molecule is Cc1nc2cc(-c3ccc4ncnc(N5CCc6ccccc6C5)c4n3)cnc2[nH]1. The zero-order chi connectivity index (χ0) is 20.1. The van der Waals surface area contributed by atoms with E-state index in [-0.39, 0.29) is 0 Å². The maximum Gasteiger partial charge on any atom is 0.158 e. The quantitative estimate of drug-likeness (QED) is 0.491. The molecule has 1 aliphatic heterocycles. The van der Waals surface area contributed by atoms with Gasteiger partial charge < -0.3 is 9.88 Å². The number of imidazole rings is 1. The number of nitrogens with zero attached hydrogens (tertiary/aromatic N) is 6. The van der Waals surface area contributed by atoms with Crippen LogP contribution in [0.25, 0.3) is 33.5 Å². The third-order valence-electron chi connectivity index (χ3n) is 5.64. The number of aromatic amines is 1. The van der Waals surface area contributed by atoms with Crippen LogP contribution in [0.4, 0.5) is 5.82 Å². The van der Waals surface area contributed by atoms with Gasteiger partial charge in [-0.3, -0.25) is 0 Å². The summed E-state index contributed by atoms with van der Waals surface area (Å²) in [5.41, 5.74) is 7.79. The van der Waals surface area contributed by atoms with E-state index in [4.69, 9.17) is 4.98 Å². The second kappa shape index (κ2) is 6.59. The van der Waals surface area contributed by atoms with Gasteiger partial charge in [0.05, 0.1) is 11.2 Å². The highest BCUT2D eigenvalue weighted by Crippen LogP contribution is 2.29. The van der Waals surface area contributed by atoms with Crippen LogP contribution in [0.5, 0.6) is 0 Å². The lowest BCUT2D eigenvalue weighted by atomic mass is 10.00. The van der Waals surface area contributed by atoms with Crippen molar-refractivity contribution >= 4 is 28.0 Å². The minimum absolute atomic E-state index is 0.785. The highest BCUT2D eigenvalue weighted by atomic mass is 15.2. The van der Waals surface area contributed by atoms with Gasteiger partial charge in [-0.05, 0) is 42.7 Å². The Morgan fingerprint density at radius 1 is 0.933 bits per heavy atom. The molecule has 0 radical (unpaired) electrons. The summed E-state index contributed by atoms with van der Waals surface area (Å²) in [7, 11) is 0. The van der Waals surface area contributed by atoms with Crippen LogP contribution in [0.1, 0.15) is 17.0 Å². The Kier molecular flexibility index (Phi) is 3.74. The molecular formula is C23H19N7. The monoisotopic (exact) mass is 393 g/mol. The topological polar surface area (TPSA) is 83.5 Å². The van der Waals surface area contributed by atoms with Gasteiger partial charge in [0.15, 0.2) is 11.5 Å². The molecule has 0 unspecified atom stereocenters. The van der Waals surface area contributed by atoms with Gasteiger partial charge in [-0.2, -0.15) is 0 Å². The van der Waals surface area contributed by atoms with Crippen molar-refractivity contribution in [3.63, 3.8) is 0 Å². The second-order valence-corrected chi connectivity index (χ2v) is 7.62. The zero-order valence-corrected chi connectivity index (χ0v) is 16.5. The van der Waals surface area contributed by atoms with Crippen molar-refractivity contribution in [2.24, 2.45) is 0 Å². The van der Waals surface area contributed by atoms with Crippen LogP contribution in [0.15, 0.2) is 55.0 Å². The van der Waals surface area contributed by atoms with E-state index in [9.17, 15) is 0 Å². The normalized spacial score (nSPS) is 13.7. The Hall–Kier alpha value is -3.87. The summed E-state index contributed by atoms with van der Waals surface area (Å²) in [6.45, 7) is 3.67. The number of anilines is 1. The number of H-pyrrole nitrogens is 1. The summed E-state index contributed by atoms with van der Waals surface area (Å²) >= 11 is 0. The molecular weight excluding hydrogens is 374 g/mol. The van der Waals surface area contributed by atoms with E-state index in [2.05, 4.69) is 54.1 Å². The maximum absolute atomic E-state index is 4.95. The van der Waals surface area contributed by atoms with E-state index >= 15 is 0 Å². The molecule has 6 rings (SSSR count). The van der Waals surface area contributed by atoms with Crippen LogP contribution >= 0.6 is 0 Å². The smallest absolute Gasteiger partial charge is 0.158 e. The highest BCUT2D eigenvalue weighted by molar-refractivity contribution is 5.88. The van der Waals surface area contributed by atoms with Gasteiger partial charge in [-0.25, -0.2) is 24.9 Å². The molecule has 5 heterocycles. The number of rotatable bonds is 2. The average molecular weight is 393 g/mol. The van der Waals surface area contributed by atoms with Gasteiger partial charge in [0.25, 0.3) is 0 Å². The van der Waals surface area contributed by atoms with E-state index < -0.39 is 0 Å². The van der Waals surface area contributed by atoms with Crippen molar-refractivity contribution in [3.05, 3.63) is 71.9 Å². The molecule has 7 nitrogen and oxygen atoms in total. The van der Waals surface area contributed by atoms with E-state index in [1.807, 2.05) is 31.3 Å². The van der Waals surface area contributed by atoms with Crippen LogP contribution in [-0.2, 0) is 13.0 Å². The number of pyridine rings is 2. The average Bonchev–Trinajstić information content (AvgIpc) is 3.17. The van der Waals surface area contributed by atoms with Crippen LogP contribution in [0.2, 0.25) is 0 Å². The van der Waals surface area contributed by atoms with E-state index in [1.165, 1.54) is 11.1 Å². The van der Waals surface area contributed by atoms with Crippen molar-refractivity contribution in [1.82, 2.24) is 29.9 Å². The molecule has 0 saturated heterocycles. The Morgan fingerprint density at radius 3 is 2.77 bits per heavy atom. The third-order valence-corrected chi connectivity index (χ3v) is 5.64. The fourth-order valence-electron chi connectivity index (χ4n) is 4.15. The molecule has 7 heteroatoms. The van der Waals surface area contributed by atoms with Crippen LogP contribution in [-0.4, -0.2) is 36.4 Å². The van der Waals surface area contributed by atoms with Gasteiger partial charge in [0.2, 0.25) is 0 Å². The summed E-state index contributed by atoms with van der Waals surface area (Å²) in [5.74, 6) is 1.73. The zero-order valence-electron chi connectivity index (χ0n) is 16.5. The first-order valence-corrected chi connectivity index (χ1v) is 10.0. The Balaban J connectivity index is 1.44. The van der Waals surface area contributed by atoms with Gasteiger partial charge in [0.1, 0.15) is 23.2 Å². The lowest BCUT2D eigenvalue weighted by Crippen LogP contribution is -2.31. The molecule has 0 atom stereocenters. The first-order valence-electron chi connectivity index (χ1n) is 10.0. The molecule has 0 saturated carbocycles. The minimum Gasteiger partial charge on any atom is -0.350 e. The fraction of sp³-hybridized carbons (Fsp3) is 0.174. The molecule has 1 N–H and O–H groups in total. The van der Waals surface area contributed by atoms with Crippen LogP contribution in [0.3, 0.4) is 0 Å².